The van der Waals surface area contributed by atoms with Crippen LogP contribution in [0.15, 0.2) is 103 Å². The molecule has 41 heavy (non-hydrogen) atoms. The van der Waals surface area contributed by atoms with Crippen LogP contribution in [0, 0.1) is 6.92 Å². The largest absolute Gasteiger partial charge is 1.00 e. The van der Waals surface area contributed by atoms with Crippen molar-refractivity contribution in [1.29, 1.82) is 0 Å². The number of aryl methyl sites for hydroxylation is 1. The molecule has 0 heterocycles. The Kier molecular flexibility index (Phi) is 8.98. The number of fused-ring (bicyclic) bond motifs is 5. The summed E-state index contributed by atoms with van der Waals surface area (Å²) in [4.78, 5) is 0. The van der Waals surface area contributed by atoms with Crippen LogP contribution in [-0.2, 0) is 22.4 Å². The number of allylic oxidation sites excluding steroid dienone is 1. The summed E-state index contributed by atoms with van der Waals surface area (Å²) in [5.41, 5.74) is 16.5. The zero-order valence-electron chi connectivity index (χ0n) is 24.0. The van der Waals surface area contributed by atoms with E-state index in [1.807, 2.05) is 0 Å². The Balaban J connectivity index is 0.00000169. The number of hydrogen-bond acceptors (Lipinski definition) is 0. The van der Waals surface area contributed by atoms with Gasteiger partial charge in [0.05, 0.1) is 0 Å². The van der Waals surface area contributed by atoms with Gasteiger partial charge < -0.3 is 24.8 Å². The summed E-state index contributed by atoms with van der Waals surface area (Å²) >= 11 is -0.542. The molecule has 0 aromatic heterocycles. The Hall–Kier alpha value is -2.22. The molecule has 0 amide bonds. The standard InChI is InChI=1S/C35H27.C2H7Si.2ClH.Zr/c1-3-23-20-33-29(34-22(2)18-19-24-10-4-7-13-27(24)34)15-9-17-31(33)35(23)30-16-8-14-28-26-12-6-5-11-25(26)21-32(28)30;1-3-2;;;/h4-21,35H,3H2,1-2H3;3H,1-2H3;2*1H;/q;;;;+2/p-2. The van der Waals surface area contributed by atoms with E-state index in [1.165, 1.54) is 49.7 Å². The van der Waals surface area contributed by atoms with E-state index in [0.29, 0.717) is 9.54 Å². The van der Waals surface area contributed by atoms with Crippen LogP contribution in [0.3, 0.4) is 0 Å². The van der Waals surface area contributed by atoms with Crippen LogP contribution in [0.4, 0.5) is 0 Å². The van der Waals surface area contributed by atoms with Gasteiger partial charge in [0.25, 0.3) is 0 Å². The van der Waals surface area contributed by atoms with E-state index in [1.54, 1.807) is 22.3 Å². The van der Waals surface area contributed by atoms with E-state index in [0.717, 1.165) is 6.42 Å². The summed E-state index contributed by atoms with van der Waals surface area (Å²) in [6.45, 7) is 9.78. The summed E-state index contributed by atoms with van der Waals surface area (Å²) in [5, 5.41) is 2.67. The molecule has 5 aromatic rings. The van der Waals surface area contributed by atoms with Crippen LogP contribution in [0.1, 0.15) is 56.3 Å². The molecule has 2 unspecified atom stereocenters. The molecule has 0 bridgehead atoms. The van der Waals surface area contributed by atoms with Gasteiger partial charge in [-0.1, -0.05) is 0 Å². The topological polar surface area (TPSA) is 0 Å². The Morgan fingerprint density at radius 1 is 0.683 bits per heavy atom. The predicted molar refractivity (Wildman–Crippen MR) is 167 cm³/mol. The molecule has 2 atom stereocenters. The summed E-state index contributed by atoms with van der Waals surface area (Å²) in [6, 6.07) is 37.0. The molecule has 2 aliphatic rings. The van der Waals surface area contributed by atoms with Crippen molar-refractivity contribution >= 4 is 22.8 Å². The molecule has 5 aromatic carbocycles. The third kappa shape index (κ3) is 4.96. The number of halogens is 2. The Morgan fingerprint density at radius 3 is 2.12 bits per heavy atom. The summed E-state index contributed by atoms with van der Waals surface area (Å²) < 4.78 is 0.688. The molecule has 204 valence electrons. The Labute approximate surface area is 269 Å². The molecule has 0 saturated heterocycles. The zero-order valence-corrected chi connectivity index (χ0v) is 29.1. The molecule has 0 aliphatic heterocycles. The maximum atomic E-state index is 2.58. The van der Waals surface area contributed by atoms with Gasteiger partial charge in [-0.15, -0.1) is 0 Å². The fourth-order valence-corrected chi connectivity index (χ4v) is 17.0. The van der Waals surface area contributed by atoms with Crippen molar-refractivity contribution < 1.29 is 47.2 Å². The van der Waals surface area contributed by atoms with E-state index in [2.05, 4.69) is 130 Å². The van der Waals surface area contributed by atoms with Crippen molar-refractivity contribution in [2.45, 2.75) is 42.9 Å². The van der Waals surface area contributed by atoms with Gasteiger partial charge in [-0.3, -0.25) is 0 Å². The molecule has 0 spiro atoms. The maximum Gasteiger partial charge on any atom is -1.00 e. The quantitative estimate of drug-likeness (QED) is 0.250. The summed E-state index contributed by atoms with van der Waals surface area (Å²) in [5.74, 6) is -0.262. The van der Waals surface area contributed by atoms with E-state index in [9.17, 15) is 0 Å². The van der Waals surface area contributed by atoms with Gasteiger partial charge >= 0.3 is 246 Å². The molecule has 0 N–H and O–H groups in total. The van der Waals surface area contributed by atoms with Crippen molar-refractivity contribution in [2.75, 3.05) is 0 Å². The first-order chi connectivity index (χ1) is 19.1. The van der Waals surface area contributed by atoms with Crippen molar-refractivity contribution in [2.24, 2.45) is 0 Å². The molecular weight excluding hydrogens is 635 g/mol. The van der Waals surface area contributed by atoms with Crippen molar-refractivity contribution in [3.63, 3.8) is 0 Å². The van der Waals surface area contributed by atoms with Crippen LogP contribution < -0.4 is 24.8 Å². The van der Waals surface area contributed by atoms with Gasteiger partial charge in [0.15, 0.2) is 0 Å². The normalized spacial score (nSPS) is 16.3. The van der Waals surface area contributed by atoms with Crippen LogP contribution in [0.5, 0.6) is 0 Å². The first-order valence-corrected chi connectivity index (χ1v) is 22.9. The Morgan fingerprint density at radius 2 is 1.34 bits per heavy atom. The first-order valence-electron chi connectivity index (χ1n) is 14.4. The van der Waals surface area contributed by atoms with Gasteiger partial charge in [-0.05, 0) is 0 Å². The smallest absolute Gasteiger partial charge is 1.00 e. The second-order valence-corrected chi connectivity index (χ2v) is 26.5. The van der Waals surface area contributed by atoms with Crippen LogP contribution >= 0.6 is 0 Å². The van der Waals surface area contributed by atoms with E-state index < -0.39 is 28.3 Å². The molecule has 0 fully saturated rings. The van der Waals surface area contributed by atoms with E-state index >= 15 is 0 Å². The van der Waals surface area contributed by atoms with E-state index in [4.69, 9.17) is 0 Å². The predicted octanol–water partition coefficient (Wildman–Crippen LogP) is 3.90. The average Bonchev–Trinajstić information content (AvgIpc) is 3.49. The Bertz CT molecular complexity index is 1790. The first kappa shape index (κ1) is 30.2. The fourth-order valence-electron chi connectivity index (χ4n) is 7.14. The average molecular weight is 669 g/mol. The van der Waals surface area contributed by atoms with Gasteiger partial charge in [-0.25, -0.2) is 0 Å². The minimum Gasteiger partial charge on any atom is -1.00 e. The number of rotatable bonds is 5. The van der Waals surface area contributed by atoms with Crippen molar-refractivity contribution in [1.82, 2.24) is 0 Å². The van der Waals surface area contributed by atoms with Gasteiger partial charge in [0.1, 0.15) is 0 Å². The summed E-state index contributed by atoms with van der Waals surface area (Å²) in [7, 11) is 0. The molecule has 7 rings (SSSR count). The van der Waals surface area contributed by atoms with Crippen LogP contribution in [0.2, 0.25) is 13.1 Å². The molecule has 0 saturated carbocycles. The molecule has 2 aliphatic carbocycles. The van der Waals surface area contributed by atoms with Crippen LogP contribution in [0.25, 0.3) is 39.1 Å². The van der Waals surface area contributed by atoms with Gasteiger partial charge in [-0.2, -0.15) is 0 Å². The minimum absolute atomic E-state index is 0. The number of benzene rings is 5. The minimum atomic E-state index is -0.610. The third-order valence-electron chi connectivity index (χ3n) is 8.77. The molecular formula is C37H34Cl2SiZr. The van der Waals surface area contributed by atoms with E-state index in [-0.39, 0.29) is 24.8 Å². The monoisotopic (exact) mass is 666 g/mol. The SMILES string of the molecule is CCC1=Cc2c(-c3c(C)ccc4ccccc34)cccc2C1c1cccc2c1[CH]([Zr+2][SiH](C)C)c1ccccc1-2.[Cl-].[Cl-]. The van der Waals surface area contributed by atoms with Gasteiger partial charge in [0, 0.05) is 0 Å². The molecule has 0 nitrogen and oxygen atoms in total. The molecule has 4 heteroatoms. The van der Waals surface area contributed by atoms with Crippen molar-refractivity contribution in [3.8, 4) is 22.3 Å². The second-order valence-electron chi connectivity index (χ2n) is 11.4. The van der Waals surface area contributed by atoms with Crippen LogP contribution in [-0.4, -0.2) is 5.92 Å². The third-order valence-corrected chi connectivity index (χ3v) is 18.6. The second kappa shape index (κ2) is 12.2. The number of hydrogen-bond donors (Lipinski definition) is 0. The van der Waals surface area contributed by atoms with Gasteiger partial charge in [0.2, 0.25) is 0 Å². The summed E-state index contributed by atoms with van der Waals surface area (Å²) in [6.07, 6.45) is 3.62. The maximum absolute atomic E-state index is 2.58. The zero-order chi connectivity index (χ0) is 26.7. The van der Waals surface area contributed by atoms with Crippen molar-refractivity contribution in [3.05, 3.63) is 136 Å². The fraction of sp³-hybridized carbons (Fsp3) is 0.189. The molecule has 0 radical (unpaired) electrons.